The minimum atomic E-state index is -0.179. The molecule has 23 heavy (non-hydrogen) atoms. The van der Waals surface area contributed by atoms with Gasteiger partial charge in [0.15, 0.2) is 0 Å². The molecule has 1 N–H and O–H groups in total. The Hall–Kier alpha value is -2.14. The first-order valence-corrected chi connectivity index (χ1v) is 8.09. The highest BCUT2D eigenvalue weighted by molar-refractivity contribution is 9.10. The lowest BCUT2D eigenvalue weighted by Crippen LogP contribution is -2.26. The minimum Gasteiger partial charge on any atom is -0.497 e. The van der Waals surface area contributed by atoms with Gasteiger partial charge in [0.25, 0.3) is 0 Å². The molecule has 5 heteroatoms. The van der Waals surface area contributed by atoms with E-state index in [1.165, 1.54) is 0 Å². The molecule has 1 amide bonds. The molecule has 1 unspecified atom stereocenters. The van der Waals surface area contributed by atoms with Crippen LogP contribution in [0.1, 0.15) is 18.1 Å². The summed E-state index contributed by atoms with van der Waals surface area (Å²) in [7, 11) is 1.63. The molecule has 0 aliphatic rings. The fourth-order valence-electron chi connectivity index (χ4n) is 2.11. The molecule has 0 heterocycles. The Morgan fingerprint density at radius 2 is 2.09 bits per heavy atom. The molecule has 1 atom stereocenters. The number of hydrogen-bond acceptors (Lipinski definition) is 3. The molecular weight excluding hydrogens is 356 g/mol. The van der Waals surface area contributed by atoms with Crippen molar-refractivity contribution < 1.29 is 9.53 Å². The van der Waals surface area contributed by atoms with Crippen molar-refractivity contribution in [1.82, 2.24) is 5.43 Å². The number of rotatable bonds is 6. The molecule has 0 fully saturated rings. The lowest BCUT2D eigenvalue weighted by atomic mass is 10.0. The second-order valence-electron chi connectivity index (χ2n) is 5.25. The van der Waals surface area contributed by atoms with Crippen LogP contribution in [0.15, 0.2) is 58.1 Å². The van der Waals surface area contributed by atoms with E-state index in [1.807, 2.05) is 55.5 Å². The number of halogens is 1. The highest BCUT2D eigenvalue weighted by atomic mass is 79.9. The van der Waals surface area contributed by atoms with Crippen LogP contribution in [0.4, 0.5) is 0 Å². The predicted molar refractivity (Wildman–Crippen MR) is 95.7 cm³/mol. The SMILES string of the molecule is COc1cccc(CC(C)C(=O)N/N=C/c2cccc(Br)c2)c1. The first kappa shape index (κ1) is 17.2. The summed E-state index contributed by atoms with van der Waals surface area (Å²) in [5.41, 5.74) is 4.56. The third-order valence-electron chi connectivity index (χ3n) is 3.36. The topological polar surface area (TPSA) is 50.7 Å². The Bertz CT molecular complexity index is 701. The molecule has 0 bridgehead atoms. The maximum atomic E-state index is 12.1. The molecule has 0 radical (unpaired) electrons. The van der Waals surface area contributed by atoms with Crippen molar-refractivity contribution in [2.75, 3.05) is 7.11 Å². The fraction of sp³-hybridized carbons (Fsp3) is 0.222. The second-order valence-corrected chi connectivity index (χ2v) is 6.16. The zero-order valence-electron chi connectivity index (χ0n) is 13.1. The van der Waals surface area contributed by atoms with Crippen LogP contribution in [0.3, 0.4) is 0 Å². The second kappa shape index (κ2) is 8.48. The standard InChI is InChI=1S/C18H19BrN2O2/c1-13(9-14-5-4-8-17(11-14)23-2)18(22)21-20-12-15-6-3-7-16(19)10-15/h3-8,10-13H,9H2,1-2H3,(H,21,22)/b20-12+. The molecule has 0 aliphatic heterocycles. The maximum absolute atomic E-state index is 12.1. The summed E-state index contributed by atoms with van der Waals surface area (Å²) in [5, 5.41) is 4.01. The van der Waals surface area contributed by atoms with Gasteiger partial charge < -0.3 is 4.74 Å². The molecule has 0 spiro atoms. The van der Waals surface area contributed by atoms with E-state index in [0.717, 1.165) is 21.3 Å². The summed E-state index contributed by atoms with van der Waals surface area (Å²) in [6.07, 6.45) is 2.26. The summed E-state index contributed by atoms with van der Waals surface area (Å²) in [6, 6.07) is 15.4. The Kier molecular flexibility index (Phi) is 6.35. The van der Waals surface area contributed by atoms with Gasteiger partial charge in [0.1, 0.15) is 5.75 Å². The molecular formula is C18H19BrN2O2. The average Bonchev–Trinajstić information content (AvgIpc) is 2.55. The van der Waals surface area contributed by atoms with Crippen molar-refractivity contribution in [3.05, 3.63) is 64.1 Å². The van der Waals surface area contributed by atoms with E-state index in [4.69, 9.17) is 4.74 Å². The smallest absolute Gasteiger partial charge is 0.243 e. The van der Waals surface area contributed by atoms with Crippen LogP contribution < -0.4 is 10.2 Å². The van der Waals surface area contributed by atoms with Crippen LogP contribution >= 0.6 is 15.9 Å². The third-order valence-corrected chi connectivity index (χ3v) is 3.85. The van der Waals surface area contributed by atoms with Crippen LogP contribution in [0, 0.1) is 5.92 Å². The zero-order chi connectivity index (χ0) is 16.7. The Morgan fingerprint density at radius 3 is 2.83 bits per heavy atom. The Labute approximate surface area is 144 Å². The molecule has 2 rings (SSSR count). The number of methoxy groups -OCH3 is 1. The summed E-state index contributed by atoms with van der Waals surface area (Å²) >= 11 is 3.40. The molecule has 0 aromatic heterocycles. The number of carbonyl (C=O) groups is 1. The van der Waals surface area contributed by atoms with Crippen molar-refractivity contribution in [2.45, 2.75) is 13.3 Å². The van der Waals surface area contributed by atoms with E-state index < -0.39 is 0 Å². The third kappa shape index (κ3) is 5.53. The van der Waals surface area contributed by atoms with Crippen molar-refractivity contribution in [2.24, 2.45) is 11.0 Å². The molecule has 2 aromatic carbocycles. The Morgan fingerprint density at radius 1 is 1.30 bits per heavy atom. The van der Waals surface area contributed by atoms with E-state index in [-0.39, 0.29) is 11.8 Å². The number of carbonyl (C=O) groups excluding carboxylic acids is 1. The van der Waals surface area contributed by atoms with Gasteiger partial charge in [0, 0.05) is 10.4 Å². The quantitative estimate of drug-likeness (QED) is 0.617. The summed E-state index contributed by atoms with van der Waals surface area (Å²) in [4.78, 5) is 12.1. The van der Waals surface area contributed by atoms with Gasteiger partial charge in [-0.05, 0) is 41.8 Å². The van der Waals surface area contributed by atoms with Crippen LogP contribution in [-0.2, 0) is 11.2 Å². The first-order valence-electron chi connectivity index (χ1n) is 7.30. The highest BCUT2D eigenvalue weighted by Gasteiger charge is 2.13. The molecule has 2 aromatic rings. The molecule has 0 saturated heterocycles. The van der Waals surface area contributed by atoms with Gasteiger partial charge in [-0.3, -0.25) is 4.79 Å². The van der Waals surface area contributed by atoms with Crippen LogP contribution in [0.5, 0.6) is 5.75 Å². The summed E-state index contributed by atoms with van der Waals surface area (Å²) in [6.45, 7) is 1.88. The average molecular weight is 375 g/mol. The van der Waals surface area contributed by atoms with E-state index in [1.54, 1.807) is 13.3 Å². The molecule has 4 nitrogen and oxygen atoms in total. The lowest BCUT2D eigenvalue weighted by Gasteiger charge is -2.10. The van der Waals surface area contributed by atoms with Crippen LogP contribution in [0.2, 0.25) is 0 Å². The molecule has 120 valence electrons. The lowest BCUT2D eigenvalue weighted by molar-refractivity contribution is -0.124. The van der Waals surface area contributed by atoms with Crippen molar-refractivity contribution in [3.63, 3.8) is 0 Å². The molecule has 0 aliphatic carbocycles. The number of benzene rings is 2. The fourth-order valence-corrected chi connectivity index (χ4v) is 2.53. The van der Waals surface area contributed by atoms with Crippen molar-refractivity contribution in [3.8, 4) is 5.75 Å². The number of nitrogens with one attached hydrogen (secondary N) is 1. The number of hydrogen-bond donors (Lipinski definition) is 1. The molecule has 0 saturated carbocycles. The predicted octanol–water partition coefficient (Wildman–Crippen LogP) is 3.79. The monoisotopic (exact) mass is 374 g/mol. The highest BCUT2D eigenvalue weighted by Crippen LogP contribution is 2.16. The maximum Gasteiger partial charge on any atom is 0.243 e. The van der Waals surface area contributed by atoms with E-state index >= 15 is 0 Å². The van der Waals surface area contributed by atoms with Crippen molar-refractivity contribution in [1.29, 1.82) is 0 Å². The number of amides is 1. The zero-order valence-corrected chi connectivity index (χ0v) is 14.7. The Balaban J connectivity index is 1.89. The van der Waals surface area contributed by atoms with E-state index in [0.29, 0.717) is 6.42 Å². The normalized spacial score (nSPS) is 12.1. The van der Waals surface area contributed by atoms with Gasteiger partial charge in [0.05, 0.1) is 13.3 Å². The summed E-state index contributed by atoms with van der Waals surface area (Å²) in [5.74, 6) is 0.503. The number of ether oxygens (including phenoxy) is 1. The van der Waals surface area contributed by atoms with Crippen LogP contribution in [0.25, 0.3) is 0 Å². The number of nitrogens with zero attached hydrogens (tertiary/aromatic N) is 1. The van der Waals surface area contributed by atoms with Gasteiger partial charge in [-0.25, -0.2) is 5.43 Å². The van der Waals surface area contributed by atoms with Crippen LogP contribution in [-0.4, -0.2) is 19.2 Å². The van der Waals surface area contributed by atoms with Crippen molar-refractivity contribution >= 4 is 28.1 Å². The number of hydrazone groups is 1. The summed E-state index contributed by atoms with van der Waals surface area (Å²) < 4.78 is 6.16. The largest absolute Gasteiger partial charge is 0.497 e. The van der Waals surface area contributed by atoms with Gasteiger partial charge in [-0.2, -0.15) is 5.10 Å². The van der Waals surface area contributed by atoms with Gasteiger partial charge in [0.2, 0.25) is 5.91 Å². The minimum absolute atomic E-state index is 0.112. The van der Waals surface area contributed by atoms with Gasteiger partial charge in [-0.15, -0.1) is 0 Å². The van der Waals surface area contributed by atoms with Gasteiger partial charge >= 0.3 is 0 Å². The van der Waals surface area contributed by atoms with E-state index in [2.05, 4.69) is 26.5 Å². The van der Waals surface area contributed by atoms with Gasteiger partial charge in [-0.1, -0.05) is 47.1 Å². The van der Waals surface area contributed by atoms with E-state index in [9.17, 15) is 4.79 Å². The first-order chi connectivity index (χ1) is 11.1.